The molecule has 0 saturated heterocycles. The highest BCUT2D eigenvalue weighted by Gasteiger charge is 2.16. The van der Waals surface area contributed by atoms with Crippen LogP contribution in [0.5, 0.6) is 5.75 Å². The number of methoxy groups -OCH3 is 2. The van der Waals surface area contributed by atoms with Gasteiger partial charge in [0, 0.05) is 5.56 Å². The minimum atomic E-state index is -0.618. The van der Waals surface area contributed by atoms with Gasteiger partial charge in [-0.15, -0.1) is 0 Å². The molecule has 5 heteroatoms. The van der Waals surface area contributed by atoms with Crippen LogP contribution in [-0.4, -0.2) is 32.8 Å². The van der Waals surface area contributed by atoms with Crippen LogP contribution in [0.3, 0.4) is 0 Å². The SMILES string of the molecule is COC(=O)COC(=O)/C(=C/c1ccccc1OC)c1ccccc1. The third-order valence-electron chi connectivity index (χ3n) is 3.29. The Hall–Kier alpha value is -3.08. The Labute approximate surface area is 140 Å². The van der Waals surface area contributed by atoms with Crippen LogP contribution in [0.25, 0.3) is 11.6 Å². The number of benzene rings is 2. The third-order valence-corrected chi connectivity index (χ3v) is 3.29. The fourth-order valence-corrected chi connectivity index (χ4v) is 2.08. The van der Waals surface area contributed by atoms with E-state index in [-0.39, 0.29) is 0 Å². The summed E-state index contributed by atoms with van der Waals surface area (Å²) in [5, 5.41) is 0. The monoisotopic (exact) mass is 326 g/mol. The van der Waals surface area contributed by atoms with Gasteiger partial charge in [0.2, 0.25) is 0 Å². The fourth-order valence-electron chi connectivity index (χ4n) is 2.08. The molecule has 0 atom stereocenters. The molecular formula is C19H18O5. The lowest BCUT2D eigenvalue weighted by molar-refractivity contribution is -0.153. The molecule has 0 unspecified atom stereocenters. The molecule has 0 aliphatic carbocycles. The van der Waals surface area contributed by atoms with E-state index in [4.69, 9.17) is 9.47 Å². The van der Waals surface area contributed by atoms with Crippen LogP contribution in [0.4, 0.5) is 0 Å². The molecule has 0 aromatic heterocycles. The van der Waals surface area contributed by atoms with Gasteiger partial charge < -0.3 is 14.2 Å². The summed E-state index contributed by atoms with van der Waals surface area (Å²) >= 11 is 0. The van der Waals surface area contributed by atoms with Crippen molar-refractivity contribution in [3.05, 3.63) is 65.7 Å². The van der Waals surface area contributed by atoms with Gasteiger partial charge in [0.1, 0.15) is 5.75 Å². The molecule has 0 bridgehead atoms. The van der Waals surface area contributed by atoms with Crippen molar-refractivity contribution >= 4 is 23.6 Å². The van der Waals surface area contributed by atoms with E-state index in [0.717, 1.165) is 5.56 Å². The molecule has 24 heavy (non-hydrogen) atoms. The summed E-state index contributed by atoms with van der Waals surface area (Å²) in [7, 11) is 2.80. The zero-order valence-corrected chi connectivity index (χ0v) is 13.5. The highest BCUT2D eigenvalue weighted by molar-refractivity contribution is 6.22. The van der Waals surface area contributed by atoms with Gasteiger partial charge in [0.25, 0.3) is 0 Å². The number of carbonyl (C=O) groups is 2. The van der Waals surface area contributed by atoms with E-state index in [1.165, 1.54) is 7.11 Å². The average Bonchev–Trinajstić information content (AvgIpc) is 2.64. The van der Waals surface area contributed by atoms with Crippen molar-refractivity contribution in [3.63, 3.8) is 0 Å². The summed E-state index contributed by atoms with van der Waals surface area (Å²) in [5.74, 6) is -0.600. The molecule has 2 aromatic carbocycles. The first-order valence-electron chi connectivity index (χ1n) is 7.29. The van der Waals surface area contributed by atoms with Gasteiger partial charge in [-0.3, -0.25) is 0 Å². The lowest BCUT2D eigenvalue weighted by Gasteiger charge is -2.10. The minimum absolute atomic E-state index is 0.323. The van der Waals surface area contributed by atoms with Crippen molar-refractivity contribution in [2.75, 3.05) is 20.8 Å². The van der Waals surface area contributed by atoms with E-state index in [0.29, 0.717) is 16.9 Å². The van der Waals surface area contributed by atoms with Gasteiger partial charge in [0.15, 0.2) is 6.61 Å². The molecule has 0 radical (unpaired) electrons. The highest BCUT2D eigenvalue weighted by atomic mass is 16.6. The fraction of sp³-hybridized carbons (Fsp3) is 0.158. The van der Waals surface area contributed by atoms with Gasteiger partial charge in [-0.25, -0.2) is 9.59 Å². The van der Waals surface area contributed by atoms with Crippen LogP contribution in [0.15, 0.2) is 54.6 Å². The second-order valence-corrected chi connectivity index (χ2v) is 4.82. The number of para-hydroxylation sites is 1. The van der Waals surface area contributed by atoms with Gasteiger partial charge in [-0.05, 0) is 17.7 Å². The van der Waals surface area contributed by atoms with E-state index >= 15 is 0 Å². The van der Waals surface area contributed by atoms with Crippen molar-refractivity contribution in [2.45, 2.75) is 0 Å². The van der Waals surface area contributed by atoms with Crippen molar-refractivity contribution in [3.8, 4) is 5.75 Å². The molecule has 5 nitrogen and oxygen atoms in total. The molecule has 2 aromatic rings. The average molecular weight is 326 g/mol. The maximum atomic E-state index is 12.4. The van der Waals surface area contributed by atoms with Crippen LogP contribution in [0, 0.1) is 0 Å². The summed E-state index contributed by atoms with van der Waals surface area (Å²) in [6, 6.07) is 16.4. The van der Waals surface area contributed by atoms with Crippen LogP contribution >= 0.6 is 0 Å². The lowest BCUT2D eigenvalue weighted by Crippen LogP contribution is -2.16. The summed E-state index contributed by atoms with van der Waals surface area (Å²) in [4.78, 5) is 23.6. The second-order valence-electron chi connectivity index (χ2n) is 4.82. The van der Waals surface area contributed by atoms with E-state index in [9.17, 15) is 9.59 Å². The number of rotatable bonds is 6. The zero-order valence-electron chi connectivity index (χ0n) is 13.5. The summed E-state index contributed by atoms with van der Waals surface area (Å²) < 4.78 is 14.8. The first-order valence-corrected chi connectivity index (χ1v) is 7.29. The molecular weight excluding hydrogens is 308 g/mol. The largest absolute Gasteiger partial charge is 0.496 e. The number of carbonyl (C=O) groups excluding carboxylic acids is 2. The van der Waals surface area contributed by atoms with Gasteiger partial charge in [0.05, 0.1) is 19.8 Å². The van der Waals surface area contributed by atoms with Crippen LogP contribution in [0.1, 0.15) is 11.1 Å². The number of hydrogen-bond donors (Lipinski definition) is 0. The third kappa shape index (κ3) is 4.46. The predicted molar refractivity (Wildman–Crippen MR) is 90.3 cm³/mol. The Morgan fingerprint density at radius 2 is 1.62 bits per heavy atom. The van der Waals surface area contributed by atoms with Crippen LogP contribution < -0.4 is 4.74 Å². The van der Waals surface area contributed by atoms with E-state index < -0.39 is 18.5 Å². The molecule has 0 fully saturated rings. The Morgan fingerprint density at radius 1 is 0.958 bits per heavy atom. The van der Waals surface area contributed by atoms with Crippen molar-refractivity contribution in [1.29, 1.82) is 0 Å². The van der Waals surface area contributed by atoms with Crippen molar-refractivity contribution < 1.29 is 23.8 Å². The molecule has 0 spiro atoms. The first kappa shape index (κ1) is 17.3. The Morgan fingerprint density at radius 3 is 2.29 bits per heavy atom. The number of hydrogen-bond acceptors (Lipinski definition) is 5. The topological polar surface area (TPSA) is 61.8 Å². The standard InChI is InChI=1S/C19H18O5/c1-22-17-11-7-6-10-15(17)12-16(14-8-4-3-5-9-14)19(21)24-13-18(20)23-2/h3-12H,13H2,1-2H3/b16-12+. The Bertz CT molecular complexity index is 734. The Kier molecular flexibility index (Phi) is 6.14. The van der Waals surface area contributed by atoms with Gasteiger partial charge >= 0.3 is 11.9 Å². The molecule has 0 amide bonds. The van der Waals surface area contributed by atoms with E-state index in [1.54, 1.807) is 31.4 Å². The number of esters is 2. The minimum Gasteiger partial charge on any atom is -0.496 e. The van der Waals surface area contributed by atoms with Gasteiger partial charge in [-0.1, -0.05) is 48.5 Å². The normalized spacial score (nSPS) is 10.8. The summed E-state index contributed by atoms with van der Waals surface area (Å²) in [5.41, 5.74) is 1.73. The predicted octanol–water partition coefficient (Wildman–Crippen LogP) is 2.95. The van der Waals surface area contributed by atoms with E-state index in [1.807, 2.05) is 36.4 Å². The van der Waals surface area contributed by atoms with Crippen molar-refractivity contribution in [1.82, 2.24) is 0 Å². The summed E-state index contributed by atoms with van der Waals surface area (Å²) in [6.45, 7) is -0.439. The molecule has 124 valence electrons. The molecule has 0 N–H and O–H groups in total. The van der Waals surface area contributed by atoms with E-state index in [2.05, 4.69) is 4.74 Å². The maximum Gasteiger partial charge on any atom is 0.344 e. The molecule has 0 aliphatic rings. The molecule has 0 saturated carbocycles. The molecule has 2 rings (SSSR count). The van der Waals surface area contributed by atoms with Crippen LogP contribution in [0.2, 0.25) is 0 Å². The van der Waals surface area contributed by atoms with Gasteiger partial charge in [-0.2, -0.15) is 0 Å². The maximum absolute atomic E-state index is 12.4. The number of ether oxygens (including phenoxy) is 3. The highest BCUT2D eigenvalue weighted by Crippen LogP contribution is 2.25. The van der Waals surface area contributed by atoms with Crippen LogP contribution in [-0.2, 0) is 19.1 Å². The van der Waals surface area contributed by atoms with Crippen molar-refractivity contribution in [2.24, 2.45) is 0 Å². The second kappa shape index (κ2) is 8.53. The molecule has 0 heterocycles. The lowest BCUT2D eigenvalue weighted by atomic mass is 10.0. The summed E-state index contributed by atoms with van der Waals surface area (Å²) in [6.07, 6.45) is 1.67. The Balaban J connectivity index is 2.38. The zero-order chi connectivity index (χ0) is 17.4. The smallest absolute Gasteiger partial charge is 0.344 e. The quantitative estimate of drug-likeness (QED) is 0.464. The first-order chi connectivity index (χ1) is 11.7. The molecule has 0 aliphatic heterocycles.